The van der Waals surface area contributed by atoms with E-state index in [2.05, 4.69) is 42.7 Å². The Morgan fingerprint density at radius 1 is 0.839 bits per heavy atom. The van der Waals surface area contributed by atoms with Gasteiger partial charge in [-0.05, 0) is 38.0 Å². The van der Waals surface area contributed by atoms with Gasteiger partial charge in [-0.3, -0.25) is 9.36 Å². The largest absolute Gasteiger partial charge is 0.308 e. The summed E-state index contributed by atoms with van der Waals surface area (Å²) in [6.07, 6.45) is 2.03. The standard InChI is InChI=1S/C25H25N5O/c1-4-5-14-29-23-21(22-24(29)28-20-9-7-6-8-19(20)27-22)25(31)30(17(3)26-23)15-18-12-10-16(2)11-13-18/h6-13H,4-5,14-15H2,1-3H3. The van der Waals surface area contributed by atoms with Crippen LogP contribution < -0.4 is 5.56 Å². The molecule has 6 nitrogen and oxygen atoms in total. The first-order valence-electron chi connectivity index (χ1n) is 10.8. The van der Waals surface area contributed by atoms with Gasteiger partial charge in [-0.15, -0.1) is 0 Å². The average molecular weight is 412 g/mol. The molecular formula is C25H25N5O. The third-order valence-corrected chi connectivity index (χ3v) is 5.84. The van der Waals surface area contributed by atoms with E-state index in [0.717, 1.165) is 41.6 Å². The van der Waals surface area contributed by atoms with Crippen LogP contribution in [0.4, 0.5) is 0 Å². The molecular weight excluding hydrogens is 386 g/mol. The van der Waals surface area contributed by atoms with E-state index >= 15 is 0 Å². The molecule has 0 aliphatic carbocycles. The first kappa shape index (κ1) is 19.4. The van der Waals surface area contributed by atoms with Gasteiger partial charge < -0.3 is 4.57 Å². The minimum absolute atomic E-state index is 0.0621. The van der Waals surface area contributed by atoms with Crippen LogP contribution in [0.1, 0.15) is 36.7 Å². The number of unbranched alkanes of at least 4 members (excludes halogenated alkanes) is 1. The summed E-state index contributed by atoms with van der Waals surface area (Å²) in [6, 6.07) is 16.0. The van der Waals surface area contributed by atoms with Crippen LogP contribution in [0.3, 0.4) is 0 Å². The highest BCUT2D eigenvalue weighted by atomic mass is 16.1. The van der Waals surface area contributed by atoms with E-state index in [1.807, 2.05) is 31.2 Å². The maximum Gasteiger partial charge on any atom is 0.265 e. The van der Waals surface area contributed by atoms with E-state index in [1.165, 1.54) is 5.56 Å². The first-order chi connectivity index (χ1) is 15.1. The predicted molar refractivity (Wildman–Crippen MR) is 125 cm³/mol. The minimum Gasteiger partial charge on any atom is -0.308 e. The summed E-state index contributed by atoms with van der Waals surface area (Å²) in [5.41, 5.74) is 5.88. The molecule has 0 saturated carbocycles. The van der Waals surface area contributed by atoms with Gasteiger partial charge in [-0.2, -0.15) is 0 Å². The lowest BCUT2D eigenvalue weighted by atomic mass is 10.1. The van der Waals surface area contributed by atoms with Crippen LogP contribution in [-0.4, -0.2) is 24.1 Å². The van der Waals surface area contributed by atoms with Crippen molar-refractivity contribution in [3.05, 3.63) is 75.8 Å². The molecule has 0 unspecified atom stereocenters. The van der Waals surface area contributed by atoms with Crippen molar-refractivity contribution in [2.45, 2.75) is 46.7 Å². The molecule has 5 rings (SSSR count). The van der Waals surface area contributed by atoms with Crippen molar-refractivity contribution in [2.75, 3.05) is 0 Å². The second-order valence-electron chi connectivity index (χ2n) is 8.12. The lowest BCUT2D eigenvalue weighted by Gasteiger charge is -2.11. The van der Waals surface area contributed by atoms with Crippen LogP contribution in [-0.2, 0) is 13.1 Å². The van der Waals surface area contributed by atoms with Crippen molar-refractivity contribution in [2.24, 2.45) is 0 Å². The number of hydrogen-bond donors (Lipinski definition) is 0. The molecule has 3 heterocycles. The lowest BCUT2D eigenvalue weighted by molar-refractivity contribution is 0.650. The van der Waals surface area contributed by atoms with Gasteiger partial charge >= 0.3 is 0 Å². The molecule has 0 fully saturated rings. The molecule has 0 N–H and O–H groups in total. The molecule has 0 amide bonds. The van der Waals surface area contributed by atoms with Crippen molar-refractivity contribution in [1.29, 1.82) is 0 Å². The van der Waals surface area contributed by atoms with Crippen molar-refractivity contribution in [3.63, 3.8) is 0 Å². The zero-order valence-corrected chi connectivity index (χ0v) is 18.1. The summed E-state index contributed by atoms with van der Waals surface area (Å²) in [7, 11) is 0. The first-order valence-corrected chi connectivity index (χ1v) is 10.8. The number of fused-ring (bicyclic) bond motifs is 4. The maximum absolute atomic E-state index is 13.7. The Balaban J connectivity index is 1.80. The fourth-order valence-electron chi connectivity index (χ4n) is 4.09. The second-order valence-corrected chi connectivity index (χ2v) is 8.12. The number of para-hydroxylation sites is 2. The Labute approximate surface area is 180 Å². The Hall–Kier alpha value is -3.54. The van der Waals surface area contributed by atoms with Gasteiger partial charge in [0.2, 0.25) is 0 Å². The summed E-state index contributed by atoms with van der Waals surface area (Å²) in [6.45, 7) is 7.35. The number of nitrogens with zero attached hydrogens (tertiary/aromatic N) is 5. The van der Waals surface area contributed by atoms with Crippen LogP contribution in [0.2, 0.25) is 0 Å². The van der Waals surface area contributed by atoms with Gasteiger partial charge in [0.15, 0.2) is 11.3 Å². The molecule has 0 atom stereocenters. The maximum atomic E-state index is 13.7. The zero-order valence-electron chi connectivity index (χ0n) is 18.1. The van der Waals surface area contributed by atoms with E-state index in [0.29, 0.717) is 28.9 Å². The molecule has 2 aromatic carbocycles. The minimum atomic E-state index is -0.0621. The van der Waals surface area contributed by atoms with E-state index in [1.54, 1.807) is 4.57 Å². The van der Waals surface area contributed by atoms with Gasteiger partial charge in [0, 0.05) is 6.54 Å². The van der Waals surface area contributed by atoms with Gasteiger partial charge in [0.25, 0.3) is 5.56 Å². The number of aryl methyl sites for hydroxylation is 3. The zero-order chi connectivity index (χ0) is 21.5. The molecule has 0 saturated heterocycles. The molecule has 31 heavy (non-hydrogen) atoms. The van der Waals surface area contributed by atoms with E-state index in [-0.39, 0.29) is 5.56 Å². The van der Waals surface area contributed by atoms with Crippen molar-refractivity contribution >= 4 is 33.2 Å². The number of rotatable bonds is 5. The summed E-state index contributed by atoms with van der Waals surface area (Å²) in [4.78, 5) is 28.3. The van der Waals surface area contributed by atoms with Crippen LogP contribution in [0, 0.1) is 13.8 Å². The summed E-state index contributed by atoms with van der Waals surface area (Å²) in [5.74, 6) is 0.697. The lowest BCUT2D eigenvalue weighted by Crippen LogP contribution is -2.24. The highest BCUT2D eigenvalue weighted by Crippen LogP contribution is 2.26. The summed E-state index contributed by atoms with van der Waals surface area (Å²) in [5, 5.41) is 0.557. The molecule has 0 bridgehead atoms. The fraction of sp³-hybridized carbons (Fsp3) is 0.280. The predicted octanol–water partition coefficient (Wildman–Crippen LogP) is 4.76. The topological polar surface area (TPSA) is 65.6 Å². The smallest absolute Gasteiger partial charge is 0.265 e. The highest BCUT2D eigenvalue weighted by Gasteiger charge is 2.21. The molecule has 0 aliphatic heterocycles. The third-order valence-electron chi connectivity index (χ3n) is 5.84. The Kier molecular flexibility index (Phi) is 4.77. The van der Waals surface area contributed by atoms with E-state index in [4.69, 9.17) is 15.0 Å². The monoisotopic (exact) mass is 411 g/mol. The van der Waals surface area contributed by atoms with Crippen LogP contribution >= 0.6 is 0 Å². The normalized spacial score (nSPS) is 11.7. The molecule has 0 spiro atoms. The summed E-state index contributed by atoms with van der Waals surface area (Å²) < 4.78 is 3.81. The number of hydrogen-bond acceptors (Lipinski definition) is 4. The highest BCUT2D eigenvalue weighted by molar-refractivity contribution is 6.04. The molecule has 0 aliphatic rings. The Bertz CT molecular complexity index is 1480. The molecule has 6 heteroatoms. The van der Waals surface area contributed by atoms with E-state index < -0.39 is 0 Å². The second kappa shape index (κ2) is 7.61. The third kappa shape index (κ3) is 3.28. The molecule has 3 aromatic heterocycles. The number of benzene rings is 2. The Morgan fingerprint density at radius 3 is 2.26 bits per heavy atom. The van der Waals surface area contributed by atoms with Gasteiger partial charge in [0.1, 0.15) is 16.7 Å². The van der Waals surface area contributed by atoms with E-state index in [9.17, 15) is 4.79 Å². The van der Waals surface area contributed by atoms with Crippen LogP contribution in [0.5, 0.6) is 0 Å². The van der Waals surface area contributed by atoms with Crippen molar-refractivity contribution < 1.29 is 0 Å². The van der Waals surface area contributed by atoms with Crippen molar-refractivity contribution in [1.82, 2.24) is 24.1 Å². The van der Waals surface area contributed by atoms with Gasteiger partial charge in [-0.1, -0.05) is 55.3 Å². The van der Waals surface area contributed by atoms with Crippen LogP contribution in [0.25, 0.3) is 33.2 Å². The Morgan fingerprint density at radius 2 is 1.55 bits per heavy atom. The van der Waals surface area contributed by atoms with Crippen LogP contribution in [0.15, 0.2) is 53.3 Å². The molecule has 0 radical (unpaired) electrons. The fourth-order valence-corrected chi connectivity index (χ4v) is 4.09. The van der Waals surface area contributed by atoms with Gasteiger partial charge in [0.05, 0.1) is 17.6 Å². The van der Waals surface area contributed by atoms with Crippen molar-refractivity contribution in [3.8, 4) is 0 Å². The summed E-state index contributed by atoms with van der Waals surface area (Å²) >= 11 is 0. The molecule has 156 valence electrons. The van der Waals surface area contributed by atoms with Gasteiger partial charge in [-0.25, -0.2) is 15.0 Å². The number of aromatic nitrogens is 5. The quantitative estimate of drug-likeness (QED) is 0.418. The molecule has 5 aromatic rings. The average Bonchev–Trinajstić information content (AvgIpc) is 3.07. The SMILES string of the molecule is CCCCn1c2nc3ccccc3nc2c2c(=O)n(Cc3ccc(C)cc3)c(C)nc21.